The van der Waals surface area contributed by atoms with Crippen molar-refractivity contribution in [3.63, 3.8) is 0 Å². The van der Waals surface area contributed by atoms with Gasteiger partial charge in [-0.05, 0) is 63.0 Å². The maximum absolute atomic E-state index is 14.0. The second-order valence-electron chi connectivity index (χ2n) is 9.87. The number of ether oxygens (including phenoxy) is 1. The third kappa shape index (κ3) is 5.85. The van der Waals surface area contributed by atoms with Crippen LogP contribution in [0, 0.1) is 11.3 Å². The molecule has 39 heavy (non-hydrogen) atoms. The summed E-state index contributed by atoms with van der Waals surface area (Å²) in [5.41, 5.74) is 5.08. The van der Waals surface area contributed by atoms with Gasteiger partial charge in [0.15, 0.2) is 0 Å². The molecule has 1 unspecified atom stereocenters. The summed E-state index contributed by atoms with van der Waals surface area (Å²) in [7, 11) is 3.77. The number of hydrogen-bond donors (Lipinski definition) is 0. The Hall–Kier alpha value is -3.67. The van der Waals surface area contributed by atoms with Gasteiger partial charge >= 0.3 is 0 Å². The van der Waals surface area contributed by atoms with Gasteiger partial charge in [0.05, 0.1) is 23.4 Å². The molecule has 0 spiro atoms. The zero-order valence-corrected chi connectivity index (χ0v) is 23.9. The lowest BCUT2D eigenvalue weighted by Gasteiger charge is -2.35. The summed E-state index contributed by atoms with van der Waals surface area (Å²) >= 11 is 6.58. The number of aromatic nitrogens is 2. The van der Waals surface area contributed by atoms with Crippen molar-refractivity contribution in [3.05, 3.63) is 80.0 Å². The summed E-state index contributed by atoms with van der Waals surface area (Å²) in [6, 6.07) is 9.07. The molecule has 8 nitrogen and oxygen atoms in total. The van der Waals surface area contributed by atoms with E-state index in [1.807, 2.05) is 24.8 Å². The van der Waals surface area contributed by atoms with Crippen molar-refractivity contribution in [1.82, 2.24) is 19.4 Å². The highest BCUT2D eigenvalue weighted by Gasteiger charge is 2.32. The third-order valence-corrected chi connectivity index (χ3v) is 7.71. The Kier molecular flexibility index (Phi) is 8.73. The maximum atomic E-state index is 14.0. The van der Waals surface area contributed by atoms with E-state index in [9.17, 15) is 14.9 Å². The van der Waals surface area contributed by atoms with Gasteiger partial charge in [0, 0.05) is 55.8 Å². The Balaban J connectivity index is 1.77. The van der Waals surface area contributed by atoms with Crippen LogP contribution >= 0.6 is 11.6 Å². The first kappa shape index (κ1) is 28.3. The van der Waals surface area contributed by atoms with Crippen molar-refractivity contribution in [3.8, 4) is 22.9 Å². The minimum Gasteiger partial charge on any atom is -0.492 e. The average molecular weight is 548 g/mol. The predicted molar refractivity (Wildman–Crippen MR) is 152 cm³/mol. The van der Waals surface area contributed by atoms with Crippen LogP contribution in [-0.4, -0.2) is 58.5 Å². The Morgan fingerprint density at radius 1 is 1.18 bits per heavy atom. The highest BCUT2D eigenvalue weighted by atomic mass is 35.5. The molecular formula is C30H34ClN5O3. The van der Waals surface area contributed by atoms with Crippen LogP contribution in [0.1, 0.15) is 59.6 Å². The normalized spacial score (nSPS) is 13.8. The van der Waals surface area contributed by atoms with E-state index >= 15 is 0 Å². The maximum Gasteiger partial charge on any atom is 0.254 e. The van der Waals surface area contributed by atoms with Gasteiger partial charge in [-0.25, -0.2) is 0 Å². The van der Waals surface area contributed by atoms with Gasteiger partial charge in [0.2, 0.25) is 0 Å². The zero-order chi connectivity index (χ0) is 28.3. The van der Waals surface area contributed by atoms with E-state index in [0.717, 1.165) is 41.8 Å². The number of benzene rings is 1. The van der Waals surface area contributed by atoms with Crippen LogP contribution in [0.15, 0.2) is 41.5 Å². The van der Waals surface area contributed by atoms with Gasteiger partial charge in [-0.1, -0.05) is 24.6 Å². The summed E-state index contributed by atoms with van der Waals surface area (Å²) in [4.78, 5) is 34.7. The topological polar surface area (TPSA) is 91.5 Å². The fraction of sp³-hybridized carbons (Fsp3) is 0.400. The van der Waals surface area contributed by atoms with Gasteiger partial charge in [-0.2, -0.15) is 5.26 Å². The molecule has 204 valence electrons. The van der Waals surface area contributed by atoms with Crippen LogP contribution in [0.3, 0.4) is 0 Å². The second-order valence-corrected chi connectivity index (χ2v) is 10.3. The number of pyridine rings is 2. The monoisotopic (exact) mass is 547 g/mol. The molecule has 1 aliphatic heterocycles. The lowest BCUT2D eigenvalue weighted by molar-refractivity contribution is 0.0669. The van der Waals surface area contributed by atoms with Crippen LogP contribution in [0.25, 0.3) is 11.1 Å². The van der Waals surface area contributed by atoms with Crippen LogP contribution in [0.4, 0.5) is 0 Å². The number of carbonyl (C=O) groups is 1. The second kappa shape index (κ2) is 12.0. The number of hydrogen-bond acceptors (Lipinski definition) is 6. The van der Waals surface area contributed by atoms with E-state index in [1.165, 1.54) is 16.8 Å². The first-order valence-electron chi connectivity index (χ1n) is 13.2. The zero-order valence-electron chi connectivity index (χ0n) is 23.1. The lowest BCUT2D eigenvalue weighted by atomic mass is 9.87. The molecule has 0 aliphatic carbocycles. The summed E-state index contributed by atoms with van der Waals surface area (Å²) < 4.78 is 7.16. The molecule has 0 fully saturated rings. The number of rotatable bonds is 9. The number of carbonyl (C=O) groups excluding carboxylic acids is 1. The Bertz CT molecular complexity index is 1490. The van der Waals surface area contributed by atoms with Crippen molar-refractivity contribution in [2.24, 2.45) is 7.05 Å². The molecule has 0 saturated carbocycles. The van der Waals surface area contributed by atoms with Crippen LogP contribution in [0.2, 0.25) is 5.02 Å². The number of fused-ring (bicyclic) bond motifs is 1. The van der Waals surface area contributed by atoms with E-state index in [1.54, 1.807) is 19.3 Å². The molecule has 3 aromatic rings. The molecular weight excluding hydrogens is 514 g/mol. The number of amides is 1. The Morgan fingerprint density at radius 2 is 1.92 bits per heavy atom. The Labute approximate surface area is 234 Å². The van der Waals surface area contributed by atoms with Crippen LogP contribution in [0.5, 0.6) is 5.75 Å². The highest BCUT2D eigenvalue weighted by molar-refractivity contribution is 6.33. The molecule has 1 aliphatic rings. The standard InChI is InChI=1S/C30H34ClN5O3/c1-6-34(4)10-8-20-12-23(25-18-35(5)29(37)14-26(25)31)22-9-11-36(30(38)24(22)13-20)19(3)27-15-28(39-7-2)21(16-32)17-33-27/h12-15,17-19H,6-11H2,1-5H3. The summed E-state index contributed by atoms with van der Waals surface area (Å²) in [6.07, 6.45) is 4.65. The van der Waals surface area contributed by atoms with E-state index in [0.29, 0.717) is 47.2 Å². The van der Waals surface area contributed by atoms with Crippen molar-refractivity contribution in [2.75, 3.05) is 33.3 Å². The summed E-state index contributed by atoms with van der Waals surface area (Å²) in [5.74, 6) is 0.386. The van der Waals surface area contributed by atoms with Gasteiger partial charge in [0.1, 0.15) is 17.4 Å². The van der Waals surface area contributed by atoms with E-state index in [4.69, 9.17) is 16.3 Å². The van der Waals surface area contributed by atoms with Crippen LogP contribution in [-0.2, 0) is 19.9 Å². The minimum absolute atomic E-state index is 0.0826. The minimum atomic E-state index is -0.322. The molecule has 3 heterocycles. The number of halogens is 1. The lowest BCUT2D eigenvalue weighted by Crippen LogP contribution is -2.40. The first-order valence-corrected chi connectivity index (χ1v) is 13.6. The smallest absolute Gasteiger partial charge is 0.254 e. The van der Waals surface area contributed by atoms with Crippen molar-refractivity contribution in [1.29, 1.82) is 5.26 Å². The van der Waals surface area contributed by atoms with E-state index < -0.39 is 0 Å². The van der Waals surface area contributed by atoms with Crippen molar-refractivity contribution >= 4 is 17.5 Å². The fourth-order valence-electron chi connectivity index (χ4n) is 4.92. The largest absolute Gasteiger partial charge is 0.492 e. The highest BCUT2D eigenvalue weighted by Crippen LogP contribution is 2.37. The molecule has 1 atom stereocenters. The number of nitrogens with zero attached hydrogens (tertiary/aromatic N) is 5. The molecule has 9 heteroatoms. The van der Waals surface area contributed by atoms with Gasteiger partial charge in [-0.15, -0.1) is 0 Å². The van der Waals surface area contributed by atoms with Gasteiger partial charge < -0.3 is 19.1 Å². The predicted octanol–water partition coefficient (Wildman–Crippen LogP) is 4.62. The fourth-order valence-corrected chi connectivity index (χ4v) is 5.16. The summed E-state index contributed by atoms with van der Waals surface area (Å²) in [5, 5.41) is 9.77. The molecule has 0 N–H and O–H groups in total. The van der Waals surface area contributed by atoms with Crippen molar-refractivity contribution in [2.45, 2.75) is 39.7 Å². The van der Waals surface area contributed by atoms with E-state index in [2.05, 4.69) is 36.0 Å². The van der Waals surface area contributed by atoms with Crippen molar-refractivity contribution < 1.29 is 9.53 Å². The summed E-state index contributed by atoms with van der Waals surface area (Å²) in [6.45, 7) is 8.61. The first-order chi connectivity index (χ1) is 18.7. The number of nitriles is 1. The number of aryl methyl sites for hydroxylation is 1. The molecule has 1 aromatic carbocycles. The number of likely N-dealkylation sites (N-methyl/N-ethyl adjacent to an activating group) is 1. The van der Waals surface area contributed by atoms with Gasteiger partial charge in [0.25, 0.3) is 11.5 Å². The van der Waals surface area contributed by atoms with Gasteiger partial charge in [-0.3, -0.25) is 14.6 Å². The molecule has 4 rings (SSSR count). The Morgan fingerprint density at radius 3 is 2.62 bits per heavy atom. The molecule has 2 aromatic heterocycles. The quantitative estimate of drug-likeness (QED) is 0.388. The molecule has 0 saturated heterocycles. The SMILES string of the molecule is CCOc1cc(C(C)N2CCc3c(cc(CCN(C)CC)cc3-c3cn(C)c(=O)cc3Cl)C2=O)ncc1C#N. The van der Waals surface area contributed by atoms with E-state index in [-0.39, 0.29) is 17.5 Å². The molecule has 0 radical (unpaired) electrons. The third-order valence-electron chi connectivity index (χ3n) is 7.40. The molecule has 0 bridgehead atoms. The van der Waals surface area contributed by atoms with Crippen LogP contribution < -0.4 is 10.3 Å². The average Bonchev–Trinajstić information content (AvgIpc) is 2.93. The molecule has 1 amide bonds.